The fraction of sp³-hybridized carbons (Fsp3) is 0.250. The molecule has 0 aliphatic carbocycles. The molecule has 0 spiro atoms. The van der Waals surface area contributed by atoms with E-state index in [1.54, 1.807) is 0 Å². The molecule has 3 nitrogen and oxygen atoms in total. The maximum atomic E-state index is 10.7. The predicted octanol–water partition coefficient (Wildman–Crippen LogP) is 2.54. The van der Waals surface area contributed by atoms with Gasteiger partial charge < -0.3 is 9.72 Å². The summed E-state index contributed by atoms with van der Waals surface area (Å²) in [5, 5.41) is 1.18. The fourth-order valence-electron chi connectivity index (χ4n) is 1.66. The molecule has 0 aliphatic rings. The summed E-state index contributed by atoms with van der Waals surface area (Å²) in [4.78, 5) is 13.9. The first-order valence-corrected chi connectivity index (χ1v) is 4.88. The van der Waals surface area contributed by atoms with Crippen molar-refractivity contribution in [3.05, 3.63) is 35.5 Å². The van der Waals surface area contributed by atoms with Crippen molar-refractivity contribution in [2.24, 2.45) is 0 Å². The Morgan fingerprint density at radius 3 is 2.80 bits per heavy atom. The van der Waals surface area contributed by atoms with Gasteiger partial charge in [-0.15, -0.1) is 0 Å². The summed E-state index contributed by atoms with van der Waals surface area (Å²) in [5.74, 6) is -0.256. The molecule has 2 aromatic rings. The molecule has 1 N–H and O–H groups in total. The van der Waals surface area contributed by atoms with E-state index in [2.05, 4.69) is 11.1 Å². The summed E-state index contributed by atoms with van der Waals surface area (Å²) >= 11 is 0. The van der Waals surface area contributed by atoms with Crippen molar-refractivity contribution in [1.82, 2.24) is 4.98 Å². The summed E-state index contributed by atoms with van der Waals surface area (Å²) in [6.07, 6.45) is 0. The zero-order chi connectivity index (χ0) is 10.8. The minimum Gasteiger partial charge on any atom is -0.459 e. The van der Waals surface area contributed by atoms with Gasteiger partial charge >= 0.3 is 5.97 Å². The third kappa shape index (κ3) is 1.86. The van der Waals surface area contributed by atoms with Gasteiger partial charge in [-0.05, 0) is 18.6 Å². The average molecular weight is 203 g/mol. The minimum atomic E-state index is -0.256. The van der Waals surface area contributed by atoms with Crippen LogP contribution in [0.15, 0.2) is 24.3 Å². The lowest BCUT2D eigenvalue weighted by Gasteiger charge is -2.00. The van der Waals surface area contributed by atoms with Crippen LogP contribution >= 0.6 is 0 Å². The normalized spacial score (nSPS) is 10.5. The van der Waals surface area contributed by atoms with Crippen molar-refractivity contribution < 1.29 is 9.53 Å². The van der Waals surface area contributed by atoms with Crippen LogP contribution in [0.4, 0.5) is 0 Å². The zero-order valence-corrected chi connectivity index (χ0v) is 8.83. The van der Waals surface area contributed by atoms with E-state index in [0.29, 0.717) is 6.61 Å². The van der Waals surface area contributed by atoms with Crippen molar-refractivity contribution >= 4 is 16.9 Å². The standard InChI is InChI=1S/C12H13NO2/c1-8-10-5-3-4-6-11(10)13-12(8)7-15-9(2)14/h3-6,13H,7H2,1-2H3. The number of aromatic amines is 1. The van der Waals surface area contributed by atoms with Crippen LogP contribution in [0.1, 0.15) is 18.2 Å². The first kappa shape index (κ1) is 9.77. The number of benzene rings is 1. The molecule has 0 saturated carbocycles. The van der Waals surface area contributed by atoms with Gasteiger partial charge in [0.2, 0.25) is 0 Å². The van der Waals surface area contributed by atoms with E-state index in [1.165, 1.54) is 12.3 Å². The molecule has 0 bridgehead atoms. The Morgan fingerprint density at radius 2 is 2.13 bits per heavy atom. The van der Waals surface area contributed by atoms with E-state index in [0.717, 1.165) is 16.8 Å². The van der Waals surface area contributed by atoms with E-state index in [-0.39, 0.29) is 5.97 Å². The number of carbonyl (C=O) groups is 1. The lowest BCUT2D eigenvalue weighted by Crippen LogP contribution is -1.99. The molecule has 15 heavy (non-hydrogen) atoms. The summed E-state index contributed by atoms with van der Waals surface area (Å²) in [7, 11) is 0. The molecular weight excluding hydrogens is 190 g/mol. The van der Waals surface area contributed by atoms with E-state index in [4.69, 9.17) is 4.74 Å². The van der Waals surface area contributed by atoms with Crippen LogP contribution in [-0.4, -0.2) is 11.0 Å². The predicted molar refractivity (Wildman–Crippen MR) is 58.5 cm³/mol. The van der Waals surface area contributed by atoms with E-state index in [1.807, 2.05) is 25.1 Å². The summed E-state index contributed by atoms with van der Waals surface area (Å²) in [6.45, 7) is 3.76. The highest BCUT2D eigenvalue weighted by molar-refractivity contribution is 5.84. The van der Waals surface area contributed by atoms with Crippen molar-refractivity contribution in [1.29, 1.82) is 0 Å². The maximum Gasteiger partial charge on any atom is 0.303 e. The number of rotatable bonds is 2. The molecule has 1 aromatic heterocycles. The summed E-state index contributed by atoms with van der Waals surface area (Å²) < 4.78 is 4.97. The molecule has 0 atom stereocenters. The molecule has 1 aromatic carbocycles. The van der Waals surface area contributed by atoms with Gasteiger partial charge in [-0.2, -0.15) is 0 Å². The Morgan fingerprint density at radius 1 is 1.40 bits per heavy atom. The van der Waals surface area contributed by atoms with Gasteiger partial charge in [0.25, 0.3) is 0 Å². The Labute approximate surface area is 88.1 Å². The highest BCUT2D eigenvalue weighted by atomic mass is 16.5. The molecule has 78 valence electrons. The fourth-order valence-corrected chi connectivity index (χ4v) is 1.66. The highest BCUT2D eigenvalue weighted by Crippen LogP contribution is 2.21. The van der Waals surface area contributed by atoms with Crippen LogP contribution < -0.4 is 0 Å². The molecule has 0 radical (unpaired) electrons. The molecule has 0 saturated heterocycles. The minimum absolute atomic E-state index is 0.256. The second-order valence-corrected chi connectivity index (χ2v) is 3.55. The molecular formula is C12H13NO2. The van der Waals surface area contributed by atoms with Crippen molar-refractivity contribution in [2.45, 2.75) is 20.5 Å². The number of hydrogen-bond donors (Lipinski definition) is 1. The van der Waals surface area contributed by atoms with E-state index < -0.39 is 0 Å². The number of aromatic nitrogens is 1. The number of nitrogens with one attached hydrogen (secondary N) is 1. The van der Waals surface area contributed by atoms with Gasteiger partial charge in [-0.25, -0.2) is 0 Å². The van der Waals surface area contributed by atoms with Gasteiger partial charge in [0.15, 0.2) is 0 Å². The number of para-hydroxylation sites is 1. The zero-order valence-electron chi connectivity index (χ0n) is 8.83. The van der Waals surface area contributed by atoms with Gasteiger partial charge in [-0.1, -0.05) is 18.2 Å². The van der Waals surface area contributed by atoms with E-state index >= 15 is 0 Å². The first-order valence-electron chi connectivity index (χ1n) is 4.88. The second kappa shape index (κ2) is 3.77. The van der Waals surface area contributed by atoms with Crippen LogP contribution in [0.2, 0.25) is 0 Å². The SMILES string of the molecule is CC(=O)OCc1[nH]c2ccccc2c1C. The topological polar surface area (TPSA) is 42.1 Å². The Hall–Kier alpha value is -1.77. The first-order chi connectivity index (χ1) is 7.18. The van der Waals surface area contributed by atoms with Crippen molar-refractivity contribution in [3.8, 4) is 0 Å². The Bertz CT molecular complexity index is 499. The van der Waals surface area contributed by atoms with Gasteiger partial charge in [0.1, 0.15) is 6.61 Å². The molecule has 0 aliphatic heterocycles. The largest absolute Gasteiger partial charge is 0.459 e. The Kier molecular flexibility index (Phi) is 2.46. The lowest BCUT2D eigenvalue weighted by molar-refractivity contribution is -0.142. The van der Waals surface area contributed by atoms with Crippen LogP contribution in [0, 0.1) is 6.92 Å². The third-order valence-corrected chi connectivity index (χ3v) is 2.49. The summed E-state index contributed by atoms with van der Waals surface area (Å²) in [6, 6.07) is 8.05. The van der Waals surface area contributed by atoms with Crippen LogP contribution in [0.5, 0.6) is 0 Å². The van der Waals surface area contributed by atoms with Crippen molar-refractivity contribution in [2.75, 3.05) is 0 Å². The monoisotopic (exact) mass is 203 g/mol. The van der Waals surface area contributed by atoms with E-state index in [9.17, 15) is 4.79 Å². The number of H-pyrrole nitrogens is 1. The van der Waals surface area contributed by atoms with Crippen LogP contribution in [0.25, 0.3) is 10.9 Å². The maximum absolute atomic E-state index is 10.7. The number of fused-ring (bicyclic) bond motifs is 1. The van der Waals surface area contributed by atoms with Crippen molar-refractivity contribution in [3.63, 3.8) is 0 Å². The number of esters is 1. The third-order valence-electron chi connectivity index (χ3n) is 2.49. The van der Waals surface area contributed by atoms with Gasteiger partial charge in [-0.3, -0.25) is 4.79 Å². The molecule has 2 rings (SSSR count). The Balaban J connectivity index is 2.36. The molecule has 1 heterocycles. The number of carbonyl (C=O) groups excluding carboxylic acids is 1. The van der Waals surface area contributed by atoms with Gasteiger partial charge in [0, 0.05) is 17.8 Å². The summed E-state index contributed by atoms with van der Waals surface area (Å²) in [5.41, 5.74) is 3.19. The highest BCUT2D eigenvalue weighted by Gasteiger charge is 2.07. The quantitative estimate of drug-likeness (QED) is 0.762. The van der Waals surface area contributed by atoms with Crippen LogP contribution in [0.3, 0.4) is 0 Å². The number of aryl methyl sites for hydroxylation is 1. The number of hydrogen-bond acceptors (Lipinski definition) is 2. The number of ether oxygens (including phenoxy) is 1. The smallest absolute Gasteiger partial charge is 0.303 e. The molecule has 3 heteroatoms. The average Bonchev–Trinajstić information content (AvgIpc) is 2.54. The van der Waals surface area contributed by atoms with Crippen LogP contribution in [-0.2, 0) is 16.1 Å². The molecule has 0 fully saturated rings. The molecule has 0 amide bonds. The molecule has 0 unspecified atom stereocenters. The second-order valence-electron chi connectivity index (χ2n) is 3.55. The van der Waals surface area contributed by atoms with Gasteiger partial charge in [0.05, 0.1) is 5.69 Å². The lowest BCUT2D eigenvalue weighted by atomic mass is 10.1.